The number of nitrogens with one attached hydrogen (secondary N) is 1. The molecule has 2 atom stereocenters. The molecule has 1 aliphatic heterocycles. The molecular formula is C18H20N4O4. The van der Waals surface area contributed by atoms with Crippen LogP contribution in [0, 0.1) is 5.92 Å². The Morgan fingerprint density at radius 3 is 2.77 bits per heavy atom. The van der Waals surface area contributed by atoms with Crippen LogP contribution in [0.15, 0.2) is 63.8 Å². The van der Waals surface area contributed by atoms with Crippen molar-refractivity contribution in [2.24, 2.45) is 10.9 Å². The first kappa shape index (κ1) is 17.7. The Balaban J connectivity index is 1.85. The van der Waals surface area contributed by atoms with Crippen LogP contribution in [0.3, 0.4) is 0 Å². The first-order valence-electron chi connectivity index (χ1n) is 8.14. The molecule has 8 nitrogen and oxygen atoms in total. The zero-order valence-corrected chi connectivity index (χ0v) is 14.5. The van der Waals surface area contributed by atoms with E-state index < -0.39 is 17.9 Å². The van der Waals surface area contributed by atoms with Crippen molar-refractivity contribution >= 4 is 17.4 Å². The van der Waals surface area contributed by atoms with Crippen LogP contribution in [0.1, 0.15) is 12.5 Å². The normalized spacial score (nSPS) is 18.5. The highest BCUT2D eigenvalue weighted by atomic mass is 16.5. The fourth-order valence-corrected chi connectivity index (χ4v) is 2.82. The lowest BCUT2D eigenvalue weighted by Gasteiger charge is -2.33. The maximum Gasteiger partial charge on any atom is 0.278 e. The van der Waals surface area contributed by atoms with Crippen LogP contribution < -0.4 is 5.32 Å². The molecule has 3 N–H and O–H groups in total. The monoisotopic (exact) mass is 356 g/mol. The van der Waals surface area contributed by atoms with Crippen LogP contribution in [-0.4, -0.2) is 45.3 Å². The number of benzene rings is 1. The summed E-state index contributed by atoms with van der Waals surface area (Å²) in [4.78, 5) is 18.2. The minimum atomic E-state index is -1.34. The number of hydrogen-bond acceptors (Lipinski definition) is 7. The van der Waals surface area contributed by atoms with Crippen LogP contribution in [0.2, 0.25) is 0 Å². The zero-order valence-electron chi connectivity index (χ0n) is 14.5. The molecule has 1 aromatic heterocycles. The number of nitrogens with zero attached hydrogens (tertiary/aromatic N) is 3. The molecule has 0 saturated heterocycles. The maximum atomic E-state index is 12.4. The van der Waals surface area contributed by atoms with Gasteiger partial charge in [-0.05, 0) is 12.0 Å². The molecule has 1 aromatic carbocycles. The average Bonchev–Trinajstić information content (AvgIpc) is 3.13. The fourth-order valence-electron chi connectivity index (χ4n) is 2.82. The van der Waals surface area contributed by atoms with Gasteiger partial charge in [0.25, 0.3) is 5.91 Å². The molecule has 1 aliphatic rings. The summed E-state index contributed by atoms with van der Waals surface area (Å²) >= 11 is 0. The van der Waals surface area contributed by atoms with Gasteiger partial charge in [-0.15, -0.1) is 0 Å². The Bertz CT molecular complexity index is 830. The average molecular weight is 356 g/mol. The quantitative estimate of drug-likeness (QED) is 0.755. The molecule has 0 spiro atoms. The molecule has 2 aromatic rings. The van der Waals surface area contributed by atoms with E-state index in [9.17, 15) is 15.0 Å². The molecule has 0 radical (unpaired) electrons. The van der Waals surface area contributed by atoms with Crippen molar-refractivity contribution in [3.05, 3.63) is 59.8 Å². The van der Waals surface area contributed by atoms with Crippen molar-refractivity contribution < 1.29 is 19.5 Å². The molecule has 8 heteroatoms. The van der Waals surface area contributed by atoms with Crippen molar-refractivity contribution in [1.82, 2.24) is 10.1 Å². The fraction of sp³-hybridized carbons (Fsp3) is 0.278. The van der Waals surface area contributed by atoms with Gasteiger partial charge in [-0.3, -0.25) is 4.79 Å². The van der Waals surface area contributed by atoms with E-state index in [1.165, 1.54) is 17.4 Å². The van der Waals surface area contributed by atoms with Crippen LogP contribution in [0.25, 0.3) is 0 Å². The van der Waals surface area contributed by atoms with E-state index in [2.05, 4.69) is 20.0 Å². The number of anilines is 1. The smallest absolute Gasteiger partial charge is 0.278 e. The lowest BCUT2D eigenvalue weighted by molar-refractivity contribution is -0.113. The van der Waals surface area contributed by atoms with E-state index >= 15 is 0 Å². The van der Waals surface area contributed by atoms with E-state index in [4.69, 9.17) is 0 Å². The van der Waals surface area contributed by atoms with Crippen LogP contribution in [-0.2, 0) is 11.2 Å². The number of amidine groups is 1. The first-order valence-corrected chi connectivity index (χ1v) is 8.14. The molecule has 26 heavy (non-hydrogen) atoms. The lowest BCUT2D eigenvalue weighted by Crippen LogP contribution is -2.45. The number of likely N-dealkylation sites (N-methyl/N-ethyl adjacent to an activating group) is 1. The summed E-state index contributed by atoms with van der Waals surface area (Å²) in [6.45, 7) is 1.95. The van der Waals surface area contributed by atoms with Crippen LogP contribution in [0.5, 0.6) is 0 Å². The number of carbonyl (C=O) groups is 1. The third-order valence-electron chi connectivity index (χ3n) is 4.17. The van der Waals surface area contributed by atoms with E-state index in [0.717, 1.165) is 5.56 Å². The van der Waals surface area contributed by atoms with Gasteiger partial charge in [0, 0.05) is 13.0 Å². The predicted octanol–water partition coefficient (Wildman–Crippen LogP) is 1.92. The summed E-state index contributed by atoms with van der Waals surface area (Å²) in [6.07, 6.45) is 1.91. The summed E-state index contributed by atoms with van der Waals surface area (Å²) in [6, 6.07) is 9.85. The second kappa shape index (κ2) is 7.40. The summed E-state index contributed by atoms with van der Waals surface area (Å²) in [5.41, 5.74) is 1.21. The maximum absolute atomic E-state index is 12.4. The number of rotatable bonds is 5. The highest BCUT2D eigenvalue weighted by Crippen LogP contribution is 2.24. The van der Waals surface area contributed by atoms with Gasteiger partial charge in [0.1, 0.15) is 17.8 Å². The Kier molecular flexibility index (Phi) is 5.04. The number of aliphatic hydroxyl groups excluding tert-OH is 2. The van der Waals surface area contributed by atoms with Gasteiger partial charge >= 0.3 is 0 Å². The Labute approximate surface area is 150 Å². The number of aromatic nitrogens is 1. The molecule has 1 amide bonds. The van der Waals surface area contributed by atoms with Gasteiger partial charge < -0.3 is 25.0 Å². The van der Waals surface area contributed by atoms with Crippen molar-refractivity contribution in [3.63, 3.8) is 0 Å². The molecule has 136 valence electrons. The molecule has 0 aliphatic carbocycles. The molecule has 0 saturated carbocycles. The van der Waals surface area contributed by atoms with E-state index in [-0.39, 0.29) is 11.6 Å². The minimum Gasteiger partial charge on any atom is -0.506 e. The number of hydrogen-bond donors (Lipinski definition) is 3. The summed E-state index contributed by atoms with van der Waals surface area (Å²) < 4.78 is 4.66. The molecule has 1 unspecified atom stereocenters. The Hall–Kier alpha value is -3.13. The molecule has 2 heterocycles. The minimum absolute atomic E-state index is 0.0801. The number of amides is 1. The van der Waals surface area contributed by atoms with Crippen molar-refractivity contribution in [1.29, 1.82) is 0 Å². The highest BCUT2D eigenvalue weighted by Gasteiger charge is 2.33. The summed E-state index contributed by atoms with van der Waals surface area (Å²) in [5, 5.41) is 26.5. The van der Waals surface area contributed by atoms with Gasteiger partial charge in [-0.2, -0.15) is 0 Å². The Morgan fingerprint density at radius 2 is 2.12 bits per heavy atom. The van der Waals surface area contributed by atoms with E-state index in [1.807, 2.05) is 37.3 Å². The Morgan fingerprint density at radius 1 is 1.38 bits per heavy atom. The molecular weight excluding hydrogens is 336 g/mol. The topological polar surface area (TPSA) is 111 Å². The summed E-state index contributed by atoms with van der Waals surface area (Å²) in [5.74, 6) is -0.725. The second-order valence-electron chi connectivity index (χ2n) is 6.15. The second-order valence-corrected chi connectivity index (χ2v) is 6.15. The molecule has 3 rings (SSSR count). The molecule has 0 fully saturated rings. The van der Waals surface area contributed by atoms with Gasteiger partial charge in [0.15, 0.2) is 17.7 Å². The third kappa shape index (κ3) is 3.60. The van der Waals surface area contributed by atoms with Crippen molar-refractivity contribution in [2.75, 3.05) is 12.4 Å². The standard InChI is InChI=1S/C18H20N4O4/c1-11(8-12-6-4-3-5-7-12)16-21-14(15(23)18(25)22(16)2)17(24)20-13-9-19-26-10-13/h3-7,9-11,18,23,25H,8H2,1-2H3,(H,20,24)/t11-,18?/m0/s1. The number of aliphatic imine (C=N–C) groups is 1. The lowest BCUT2D eigenvalue weighted by atomic mass is 9.98. The number of carbonyl (C=O) groups excluding carboxylic acids is 1. The predicted molar refractivity (Wildman–Crippen MR) is 95.3 cm³/mol. The third-order valence-corrected chi connectivity index (χ3v) is 4.17. The van der Waals surface area contributed by atoms with Gasteiger partial charge in [-0.25, -0.2) is 4.99 Å². The van der Waals surface area contributed by atoms with Crippen LogP contribution >= 0.6 is 0 Å². The zero-order chi connectivity index (χ0) is 18.7. The largest absolute Gasteiger partial charge is 0.506 e. The van der Waals surface area contributed by atoms with Gasteiger partial charge in [0.2, 0.25) is 0 Å². The van der Waals surface area contributed by atoms with Gasteiger partial charge in [0.05, 0.1) is 6.20 Å². The van der Waals surface area contributed by atoms with Crippen molar-refractivity contribution in [3.8, 4) is 0 Å². The van der Waals surface area contributed by atoms with E-state index in [0.29, 0.717) is 17.9 Å². The molecule has 0 bridgehead atoms. The first-order chi connectivity index (χ1) is 12.5. The van der Waals surface area contributed by atoms with Gasteiger partial charge in [-0.1, -0.05) is 42.4 Å². The van der Waals surface area contributed by atoms with E-state index in [1.54, 1.807) is 7.05 Å². The SMILES string of the molecule is C[C@@H](Cc1ccccc1)C1=NC(C(=O)Nc2cnoc2)=C(O)C(O)N1C. The van der Waals surface area contributed by atoms with Crippen LogP contribution in [0.4, 0.5) is 5.69 Å². The number of aliphatic hydroxyl groups is 2. The highest BCUT2D eigenvalue weighted by molar-refractivity contribution is 6.06. The summed E-state index contributed by atoms with van der Waals surface area (Å²) in [7, 11) is 1.62. The van der Waals surface area contributed by atoms with Crippen molar-refractivity contribution in [2.45, 2.75) is 19.6 Å².